The molecule has 0 spiro atoms. The summed E-state index contributed by atoms with van der Waals surface area (Å²) < 4.78 is 48.7. The molecule has 0 heterocycles. The monoisotopic (exact) mass is 416 g/mol. The standard InChI is InChI=1S/C18H16ClF3N2O4/c1-26-15-6-3-11(7-16(15)27-2)9-23-28-10-17(25)24-12-4-5-14(19)13(8-12)18(20,21)22/h3-9H,10H2,1-2H3,(H,24,25)/b23-9+. The molecule has 0 aliphatic rings. The molecule has 2 aromatic rings. The summed E-state index contributed by atoms with van der Waals surface area (Å²) in [6.45, 7) is -0.492. The third-order valence-electron chi connectivity index (χ3n) is 3.44. The number of rotatable bonds is 7. The second-order valence-electron chi connectivity index (χ2n) is 5.36. The van der Waals surface area contributed by atoms with Crippen LogP contribution in [0.1, 0.15) is 11.1 Å². The molecule has 1 amide bonds. The van der Waals surface area contributed by atoms with E-state index in [0.717, 1.165) is 12.1 Å². The fourth-order valence-electron chi connectivity index (χ4n) is 2.14. The summed E-state index contributed by atoms with van der Waals surface area (Å²) in [6.07, 6.45) is -3.28. The lowest BCUT2D eigenvalue weighted by Crippen LogP contribution is -2.17. The number of benzene rings is 2. The summed E-state index contributed by atoms with van der Waals surface area (Å²) in [6, 6.07) is 8.07. The average Bonchev–Trinajstić information content (AvgIpc) is 2.65. The highest BCUT2D eigenvalue weighted by atomic mass is 35.5. The van der Waals surface area contributed by atoms with Crippen LogP contribution in [0.2, 0.25) is 5.02 Å². The number of hydrogen-bond donors (Lipinski definition) is 1. The van der Waals surface area contributed by atoms with E-state index in [-0.39, 0.29) is 5.69 Å². The first-order valence-corrected chi connectivity index (χ1v) is 8.16. The molecule has 2 aromatic carbocycles. The van der Waals surface area contributed by atoms with Gasteiger partial charge in [0.1, 0.15) is 0 Å². The normalized spacial score (nSPS) is 11.4. The molecule has 6 nitrogen and oxygen atoms in total. The number of halogens is 4. The zero-order valence-electron chi connectivity index (χ0n) is 14.8. The minimum Gasteiger partial charge on any atom is -0.493 e. The summed E-state index contributed by atoms with van der Waals surface area (Å²) in [5.41, 5.74) is -0.473. The number of hydrogen-bond acceptors (Lipinski definition) is 5. The number of carbonyl (C=O) groups is 1. The molecule has 150 valence electrons. The van der Waals surface area contributed by atoms with Gasteiger partial charge in [-0.25, -0.2) is 0 Å². The van der Waals surface area contributed by atoms with Crippen molar-refractivity contribution in [1.29, 1.82) is 0 Å². The van der Waals surface area contributed by atoms with Gasteiger partial charge >= 0.3 is 6.18 Å². The zero-order valence-corrected chi connectivity index (χ0v) is 15.6. The molecule has 0 saturated carbocycles. The smallest absolute Gasteiger partial charge is 0.417 e. The first-order valence-electron chi connectivity index (χ1n) is 7.78. The van der Waals surface area contributed by atoms with E-state index >= 15 is 0 Å². The van der Waals surface area contributed by atoms with Crippen LogP contribution in [0.3, 0.4) is 0 Å². The van der Waals surface area contributed by atoms with Gasteiger partial charge in [0.15, 0.2) is 18.1 Å². The van der Waals surface area contributed by atoms with Crippen molar-refractivity contribution in [1.82, 2.24) is 0 Å². The second-order valence-corrected chi connectivity index (χ2v) is 5.77. The van der Waals surface area contributed by atoms with E-state index in [1.807, 2.05) is 0 Å². The van der Waals surface area contributed by atoms with E-state index in [9.17, 15) is 18.0 Å². The maximum atomic E-state index is 12.8. The highest BCUT2D eigenvalue weighted by molar-refractivity contribution is 6.31. The Labute approximate surface area is 163 Å². The highest BCUT2D eigenvalue weighted by Gasteiger charge is 2.33. The molecule has 28 heavy (non-hydrogen) atoms. The topological polar surface area (TPSA) is 69.2 Å². The van der Waals surface area contributed by atoms with Crippen molar-refractivity contribution >= 4 is 29.4 Å². The molecule has 0 radical (unpaired) electrons. The largest absolute Gasteiger partial charge is 0.493 e. The van der Waals surface area contributed by atoms with Crippen molar-refractivity contribution in [2.24, 2.45) is 5.16 Å². The molecule has 10 heteroatoms. The fraction of sp³-hybridized carbons (Fsp3) is 0.222. The van der Waals surface area contributed by atoms with Crippen molar-refractivity contribution in [2.45, 2.75) is 6.18 Å². The molecule has 1 N–H and O–H groups in total. The van der Waals surface area contributed by atoms with Gasteiger partial charge in [-0.15, -0.1) is 0 Å². The molecule has 0 aliphatic heterocycles. The molecule has 0 atom stereocenters. The summed E-state index contributed by atoms with van der Waals surface area (Å²) in [5.74, 6) is 0.355. The van der Waals surface area contributed by atoms with Crippen molar-refractivity contribution < 1.29 is 32.3 Å². The van der Waals surface area contributed by atoms with Gasteiger partial charge in [-0.05, 0) is 36.4 Å². The summed E-state index contributed by atoms with van der Waals surface area (Å²) in [5, 5.41) is 5.47. The number of oxime groups is 1. The third kappa shape index (κ3) is 5.78. The quantitative estimate of drug-likeness (QED) is 0.537. The van der Waals surface area contributed by atoms with Crippen molar-refractivity contribution in [3.8, 4) is 11.5 Å². The maximum absolute atomic E-state index is 12.8. The summed E-state index contributed by atoms with van der Waals surface area (Å²) >= 11 is 5.53. The van der Waals surface area contributed by atoms with Crippen LogP contribution in [0, 0.1) is 0 Å². The Hall–Kier alpha value is -2.94. The Morgan fingerprint density at radius 2 is 1.86 bits per heavy atom. The number of nitrogens with zero attached hydrogens (tertiary/aromatic N) is 1. The van der Waals surface area contributed by atoms with Crippen LogP contribution in [0.25, 0.3) is 0 Å². The van der Waals surface area contributed by atoms with E-state index in [4.69, 9.17) is 25.9 Å². The van der Waals surface area contributed by atoms with E-state index < -0.39 is 29.3 Å². The third-order valence-corrected chi connectivity index (χ3v) is 3.76. The Bertz CT molecular complexity index is 872. The number of amides is 1. The molecule has 2 rings (SSSR count). The lowest BCUT2D eigenvalue weighted by atomic mass is 10.2. The molecule has 0 bridgehead atoms. The van der Waals surface area contributed by atoms with Crippen LogP contribution in [0.5, 0.6) is 11.5 Å². The number of anilines is 1. The van der Waals surface area contributed by atoms with E-state index in [2.05, 4.69) is 10.5 Å². The van der Waals surface area contributed by atoms with Gasteiger partial charge in [0.05, 0.1) is 31.0 Å². The minimum absolute atomic E-state index is 0.0609. The van der Waals surface area contributed by atoms with Gasteiger partial charge in [0, 0.05) is 11.3 Å². The van der Waals surface area contributed by atoms with Crippen LogP contribution in [-0.4, -0.2) is 32.9 Å². The number of methoxy groups -OCH3 is 2. The van der Waals surface area contributed by atoms with Crippen LogP contribution in [0.15, 0.2) is 41.6 Å². The first kappa shape index (κ1) is 21.4. The second kappa shape index (κ2) is 9.32. The van der Waals surface area contributed by atoms with Gasteiger partial charge in [-0.3, -0.25) is 4.79 Å². The van der Waals surface area contributed by atoms with Gasteiger partial charge in [0.25, 0.3) is 5.91 Å². The summed E-state index contributed by atoms with van der Waals surface area (Å²) in [4.78, 5) is 16.7. The number of alkyl halides is 3. The van der Waals surface area contributed by atoms with Crippen molar-refractivity contribution in [2.75, 3.05) is 26.1 Å². The lowest BCUT2D eigenvalue weighted by Gasteiger charge is -2.11. The van der Waals surface area contributed by atoms with Gasteiger partial charge in [-0.1, -0.05) is 16.8 Å². The van der Waals surface area contributed by atoms with Crippen molar-refractivity contribution in [3.05, 3.63) is 52.5 Å². The predicted octanol–water partition coefficient (Wildman–Crippen LogP) is 4.37. The van der Waals surface area contributed by atoms with Gasteiger partial charge < -0.3 is 19.6 Å². The summed E-state index contributed by atoms with van der Waals surface area (Å²) in [7, 11) is 2.99. The first-order chi connectivity index (χ1) is 13.2. The van der Waals surface area contributed by atoms with E-state index in [0.29, 0.717) is 17.1 Å². The minimum atomic E-state index is -4.63. The van der Waals surface area contributed by atoms with Gasteiger partial charge in [0.2, 0.25) is 0 Å². The highest BCUT2D eigenvalue weighted by Crippen LogP contribution is 2.36. The number of carbonyl (C=O) groups excluding carboxylic acids is 1. The lowest BCUT2D eigenvalue weighted by molar-refractivity contribution is -0.137. The van der Waals surface area contributed by atoms with Crippen molar-refractivity contribution in [3.63, 3.8) is 0 Å². The average molecular weight is 417 g/mol. The molecular formula is C18H16ClF3N2O4. The Balaban J connectivity index is 1.92. The molecule has 0 aliphatic carbocycles. The van der Waals surface area contributed by atoms with Crippen LogP contribution < -0.4 is 14.8 Å². The fourth-order valence-corrected chi connectivity index (χ4v) is 2.37. The Morgan fingerprint density at radius 3 is 2.50 bits per heavy atom. The van der Waals surface area contributed by atoms with Crippen LogP contribution in [-0.2, 0) is 15.8 Å². The SMILES string of the molecule is COc1ccc(/C=N/OCC(=O)Nc2ccc(Cl)c(C(F)(F)F)c2)cc1OC. The van der Waals surface area contributed by atoms with Crippen LogP contribution >= 0.6 is 11.6 Å². The molecule has 0 fully saturated rings. The molecule has 0 saturated heterocycles. The Morgan fingerprint density at radius 1 is 1.14 bits per heavy atom. The Kier molecular flexibility index (Phi) is 7.11. The molecular weight excluding hydrogens is 401 g/mol. The van der Waals surface area contributed by atoms with Gasteiger partial charge in [-0.2, -0.15) is 13.2 Å². The number of nitrogens with one attached hydrogen (secondary N) is 1. The number of ether oxygens (including phenoxy) is 2. The van der Waals surface area contributed by atoms with Crippen LogP contribution in [0.4, 0.5) is 18.9 Å². The van der Waals surface area contributed by atoms with E-state index in [1.165, 1.54) is 26.5 Å². The molecule has 0 unspecified atom stereocenters. The molecule has 0 aromatic heterocycles. The zero-order chi connectivity index (χ0) is 20.7. The maximum Gasteiger partial charge on any atom is 0.417 e. The van der Waals surface area contributed by atoms with E-state index in [1.54, 1.807) is 18.2 Å². The predicted molar refractivity (Wildman–Crippen MR) is 98.2 cm³/mol.